The molecule has 1 N–H and O–H groups in total. The molecule has 0 fully saturated rings. The molecule has 1 aromatic heterocycles. The minimum absolute atomic E-state index is 0.212. The van der Waals surface area contributed by atoms with Crippen molar-refractivity contribution >= 4 is 11.8 Å². The summed E-state index contributed by atoms with van der Waals surface area (Å²) < 4.78 is 1.58. The smallest absolute Gasteiger partial charge is 0.280 e. The van der Waals surface area contributed by atoms with Gasteiger partial charge in [-0.05, 0) is 5.75 Å². The van der Waals surface area contributed by atoms with Crippen LogP contribution >= 0.6 is 11.8 Å². The van der Waals surface area contributed by atoms with Crippen molar-refractivity contribution in [1.82, 2.24) is 9.78 Å². The van der Waals surface area contributed by atoms with Gasteiger partial charge in [-0.25, -0.2) is 0 Å². The Kier molecular flexibility index (Phi) is 2.61. The second kappa shape index (κ2) is 3.50. The molecular weight excluding hydrogens is 174 g/mol. The van der Waals surface area contributed by atoms with Gasteiger partial charge in [-0.2, -0.15) is 5.26 Å². The predicted molar refractivity (Wildman–Crippen MR) is 47.1 cm³/mol. The molecule has 0 spiro atoms. The largest absolute Gasteiger partial charge is 0.283 e. The topological polar surface area (TPSA) is 61.6 Å². The molecule has 0 aliphatic rings. The van der Waals surface area contributed by atoms with Crippen molar-refractivity contribution in [1.29, 1.82) is 5.26 Å². The number of thioether (sulfide) groups is 1. The van der Waals surface area contributed by atoms with Crippen LogP contribution in [0.4, 0.5) is 0 Å². The van der Waals surface area contributed by atoms with E-state index in [1.54, 1.807) is 11.7 Å². The number of aryl methyl sites for hydroxylation is 1. The number of nitriles is 1. The summed E-state index contributed by atoms with van der Waals surface area (Å²) in [5.41, 5.74) is -0.0969. The van der Waals surface area contributed by atoms with Crippen LogP contribution in [0.25, 0.3) is 0 Å². The standard InChI is InChI=1S/C7H9N3OS/c1-3-12-7-5(4-8)6(11)9-10(7)2/h3H2,1-2H3,(H,9,11). The Morgan fingerprint density at radius 3 is 2.92 bits per heavy atom. The number of H-pyrrole nitrogens is 1. The van der Waals surface area contributed by atoms with Crippen molar-refractivity contribution in [3.63, 3.8) is 0 Å². The van der Waals surface area contributed by atoms with E-state index in [9.17, 15) is 4.79 Å². The third-order valence-electron chi connectivity index (χ3n) is 1.41. The Bertz CT molecular complexity index is 371. The molecule has 0 bridgehead atoms. The Balaban J connectivity index is 3.25. The fourth-order valence-electron chi connectivity index (χ4n) is 0.928. The quantitative estimate of drug-likeness (QED) is 0.686. The van der Waals surface area contributed by atoms with Crippen molar-refractivity contribution in [2.24, 2.45) is 7.05 Å². The number of hydrogen-bond acceptors (Lipinski definition) is 3. The lowest BCUT2D eigenvalue weighted by molar-refractivity contribution is 0.691. The molecule has 0 saturated carbocycles. The Morgan fingerprint density at radius 2 is 2.42 bits per heavy atom. The van der Waals surface area contributed by atoms with E-state index in [-0.39, 0.29) is 11.1 Å². The second-order valence-electron chi connectivity index (χ2n) is 2.22. The molecule has 1 aromatic rings. The van der Waals surface area contributed by atoms with Crippen LogP contribution in [0, 0.1) is 11.3 Å². The highest BCUT2D eigenvalue weighted by atomic mass is 32.2. The van der Waals surface area contributed by atoms with Crippen LogP contribution in [0.5, 0.6) is 0 Å². The van der Waals surface area contributed by atoms with Crippen molar-refractivity contribution in [3.8, 4) is 6.07 Å². The molecule has 0 unspecified atom stereocenters. The van der Waals surface area contributed by atoms with Gasteiger partial charge >= 0.3 is 0 Å². The number of hydrogen-bond donors (Lipinski definition) is 1. The first-order chi connectivity index (χ1) is 5.70. The van der Waals surface area contributed by atoms with Gasteiger partial charge in [0.15, 0.2) is 5.56 Å². The summed E-state index contributed by atoms with van der Waals surface area (Å²) in [6.07, 6.45) is 0. The fourth-order valence-corrected chi connectivity index (χ4v) is 1.72. The van der Waals surface area contributed by atoms with Gasteiger partial charge in [0.2, 0.25) is 0 Å². The summed E-state index contributed by atoms with van der Waals surface area (Å²) in [6.45, 7) is 1.98. The second-order valence-corrected chi connectivity index (χ2v) is 3.48. The average Bonchev–Trinajstić information content (AvgIpc) is 2.28. The van der Waals surface area contributed by atoms with Crippen molar-refractivity contribution in [2.75, 3.05) is 5.75 Å². The molecule has 0 aromatic carbocycles. The zero-order valence-corrected chi connectivity index (χ0v) is 7.73. The molecule has 5 heteroatoms. The Hall–Kier alpha value is -1.15. The molecule has 1 rings (SSSR count). The van der Waals surface area contributed by atoms with Crippen LogP contribution in [0.3, 0.4) is 0 Å². The van der Waals surface area contributed by atoms with Crippen LogP contribution in [-0.4, -0.2) is 15.5 Å². The molecule has 0 amide bonds. The number of nitrogens with zero attached hydrogens (tertiary/aromatic N) is 2. The van der Waals surface area contributed by atoms with Gasteiger partial charge in [0.05, 0.1) is 0 Å². The van der Waals surface area contributed by atoms with E-state index in [2.05, 4.69) is 5.10 Å². The zero-order chi connectivity index (χ0) is 9.14. The molecule has 12 heavy (non-hydrogen) atoms. The monoisotopic (exact) mass is 183 g/mol. The molecule has 0 aliphatic heterocycles. The van der Waals surface area contributed by atoms with Crippen molar-refractivity contribution in [2.45, 2.75) is 11.9 Å². The zero-order valence-electron chi connectivity index (χ0n) is 6.92. The predicted octanol–water partition coefficient (Wildman–Crippen LogP) is 0.697. The lowest BCUT2D eigenvalue weighted by Gasteiger charge is -1.97. The van der Waals surface area contributed by atoms with E-state index in [1.807, 2.05) is 13.0 Å². The van der Waals surface area contributed by atoms with E-state index >= 15 is 0 Å². The summed E-state index contributed by atoms with van der Waals surface area (Å²) in [5.74, 6) is 0.847. The van der Waals surface area contributed by atoms with Crippen LogP contribution in [0.1, 0.15) is 12.5 Å². The molecular formula is C7H9N3OS. The number of rotatable bonds is 2. The fraction of sp³-hybridized carbons (Fsp3) is 0.429. The van der Waals surface area contributed by atoms with Gasteiger partial charge in [-0.15, -0.1) is 11.8 Å². The third-order valence-corrected chi connectivity index (χ3v) is 2.45. The van der Waals surface area contributed by atoms with E-state index in [1.165, 1.54) is 11.8 Å². The maximum Gasteiger partial charge on any atom is 0.283 e. The summed E-state index contributed by atoms with van der Waals surface area (Å²) in [5, 5.41) is 11.9. The summed E-state index contributed by atoms with van der Waals surface area (Å²) in [7, 11) is 1.72. The van der Waals surface area contributed by atoms with Gasteiger partial charge in [-0.1, -0.05) is 6.92 Å². The molecule has 1 heterocycles. The highest BCUT2D eigenvalue weighted by Crippen LogP contribution is 2.17. The third kappa shape index (κ3) is 1.38. The molecule has 0 radical (unpaired) electrons. The molecule has 64 valence electrons. The molecule has 4 nitrogen and oxygen atoms in total. The first-order valence-corrected chi connectivity index (χ1v) is 4.51. The summed E-state index contributed by atoms with van der Waals surface area (Å²) in [6, 6.07) is 1.88. The van der Waals surface area contributed by atoms with E-state index in [0.717, 1.165) is 5.75 Å². The van der Waals surface area contributed by atoms with Gasteiger partial charge in [-0.3, -0.25) is 14.6 Å². The lowest BCUT2D eigenvalue weighted by atomic mass is 10.4. The van der Waals surface area contributed by atoms with Crippen molar-refractivity contribution in [3.05, 3.63) is 15.9 Å². The first kappa shape index (κ1) is 8.94. The number of nitrogens with one attached hydrogen (secondary N) is 1. The number of aromatic nitrogens is 2. The van der Waals surface area contributed by atoms with Crippen molar-refractivity contribution < 1.29 is 0 Å². The normalized spacial score (nSPS) is 9.75. The van der Waals surface area contributed by atoms with Crippen LogP contribution in [-0.2, 0) is 7.05 Å². The Labute approximate surface area is 74.2 Å². The number of aromatic amines is 1. The highest BCUT2D eigenvalue weighted by molar-refractivity contribution is 7.99. The van der Waals surface area contributed by atoms with E-state index < -0.39 is 0 Å². The van der Waals surface area contributed by atoms with Crippen LogP contribution in [0.2, 0.25) is 0 Å². The highest BCUT2D eigenvalue weighted by Gasteiger charge is 2.11. The minimum Gasteiger partial charge on any atom is -0.280 e. The van der Waals surface area contributed by atoms with Gasteiger partial charge in [0.25, 0.3) is 5.56 Å². The maximum atomic E-state index is 11.1. The minimum atomic E-state index is -0.309. The van der Waals surface area contributed by atoms with Gasteiger partial charge in [0, 0.05) is 7.05 Å². The molecule has 0 atom stereocenters. The first-order valence-electron chi connectivity index (χ1n) is 3.52. The Morgan fingerprint density at radius 1 is 1.75 bits per heavy atom. The summed E-state index contributed by atoms with van der Waals surface area (Å²) in [4.78, 5) is 11.1. The van der Waals surface area contributed by atoms with Gasteiger partial charge in [0.1, 0.15) is 11.1 Å². The molecule has 0 aliphatic carbocycles. The van der Waals surface area contributed by atoms with Crippen LogP contribution < -0.4 is 5.56 Å². The van der Waals surface area contributed by atoms with Gasteiger partial charge < -0.3 is 0 Å². The van der Waals surface area contributed by atoms with E-state index in [4.69, 9.17) is 5.26 Å². The maximum absolute atomic E-state index is 11.1. The summed E-state index contributed by atoms with van der Waals surface area (Å²) >= 11 is 1.48. The SMILES string of the molecule is CCSc1c(C#N)c(=O)[nH]n1C. The van der Waals surface area contributed by atoms with Crippen LogP contribution in [0.15, 0.2) is 9.82 Å². The molecule has 0 saturated heterocycles. The average molecular weight is 183 g/mol. The van der Waals surface area contributed by atoms with E-state index in [0.29, 0.717) is 5.03 Å². The lowest BCUT2D eigenvalue weighted by Crippen LogP contribution is -2.03.